The van der Waals surface area contributed by atoms with Gasteiger partial charge in [-0.1, -0.05) is 54.5 Å². The Hall–Kier alpha value is -3.06. The second-order valence-electron chi connectivity index (χ2n) is 8.93. The molecule has 2 unspecified atom stereocenters. The van der Waals surface area contributed by atoms with Crippen LogP contribution in [-0.4, -0.2) is 45.5 Å². The van der Waals surface area contributed by atoms with Gasteiger partial charge in [-0.05, 0) is 55.4 Å². The summed E-state index contributed by atoms with van der Waals surface area (Å²) in [6, 6.07) is 15.2. The predicted molar refractivity (Wildman–Crippen MR) is 136 cm³/mol. The van der Waals surface area contributed by atoms with E-state index in [1.807, 2.05) is 53.6 Å². The smallest absolute Gasteiger partial charge is 0.326 e. The highest BCUT2D eigenvalue weighted by molar-refractivity contribution is 8.03. The maximum Gasteiger partial charge on any atom is 0.327 e. The number of aryl methyl sites for hydroxylation is 2. The van der Waals surface area contributed by atoms with E-state index in [2.05, 4.69) is 30.4 Å². The Kier molecular flexibility index (Phi) is 7.73. The van der Waals surface area contributed by atoms with Crippen molar-refractivity contribution in [3.63, 3.8) is 0 Å². The number of para-hydroxylation sites is 1. The molecule has 0 radical (unpaired) electrons. The molecule has 2 heterocycles. The maximum atomic E-state index is 13.4. The zero-order valence-corrected chi connectivity index (χ0v) is 20.5. The molecule has 34 heavy (non-hydrogen) atoms. The topological polar surface area (TPSA) is 69.7 Å². The second kappa shape index (κ2) is 10.9. The molecule has 1 fully saturated rings. The molecule has 1 saturated heterocycles. The van der Waals surface area contributed by atoms with Crippen LogP contribution in [0, 0.1) is 13.8 Å². The molecule has 4 rings (SSSR count). The van der Waals surface area contributed by atoms with Crippen LogP contribution in [0.3, 0.4) is 0 Å². The number of nitrogens with one attached hydrogen (secondary N) is 1. The number of anilines is 1. The largest absolute Gasteiger partial charge is 0.327 e. The molecule has 2 aromatic carbocycles. The van der Waals surface area contributed by atoms with E-state index >= 15 is 0 Å². The normalized spacial score (nSPS) is 19.5. The van der Waals surface area contributed by atoms with Crippen molar-refractivity contribution in [2.75, 3.05) is 11.9 Å². The second-order valence-corrected chi connectivity index (χ2v) is 9.98. The SMILES string of the molecule is Cc1ccc(C)c(CN2C(=O)N(CCCCCC(=O)Nc3ccccc3)C(=O)C3SC=CC32)c1. The highest BCUT2D eigenvalue weighted by atomic mass is 32.2. The Morgan fingerprint density at radius 1 is 1.03 bits per heavy atom. The number of fused-ring (bicyclic) bond motifs is 1. The Morgan fingerprint density at radius 3 is 2.62 bits per heavy atom. The monoisotopic (exact) mass is 477 g/mol. The standard InChI is InChI=1S/C27H31N3O3S/c1-19-12-13-20(2)21(17-19)18-30-23-14-16-34-25(23)26(32)29(27(30)33)15-8-4-7-11-24(31)28-22-9-5-3-6-10-22/h3,5-6,9-10,12-14,16-17,23,25H,4,7-8,11,15,18H2,1-2H3,(H,28,31). The fourth-order valence-electron chi connectivity index (χ4n) is 4.40. The molecule has 1 N–H and O–H groups in total. The average Bonchev–Trinajstić information content (AvgIpc) is 3.31. The molecule has 178 valence electrons. The van der Waals surface area contributed by atoms with E-state index in [9.17, 15) is 14.4 Å². The lowest BCUT2D eigenvalue weighted by molar-refractivity contribution is -0.131. The number of urea groups is 1. The molecule has 6 nitrogen and oxygen atoms in total. The van der Waals surface area contributed by atoms with Crippen LogP contribution in [0.4, 0.5) is 10.5 Å². The molecule has 2 aliphatic heterocycles. The van der Waals surface area contributed by atoms with Gasteiger partial charge in [0.15, 0.2) is 0 Å². The summed E-state index contributed by atoms with van der Waals surface area (Å²) >= 11 is 1.49. The Balaban J connectivity index is 1.32. The summed E-state index contributed by atoms with van der Waals surface area (Å²) in [4.78, 5) is 41.8. The minimum Gasteiger partial charge on any atom is -0.326 e. The van der Waals surface area contributed by atoms with Gasteiger partial charge in [-0.3, -0.25) is 14.5 Å². The average molecular weight is 478 g/mol. The fraction of sp³-hybridized carbons (Fsp3) is 0.370. The number of hydrogen-bond acceptors (Lipinski definition) is 4. The molecule has 7 heteroatoms. The molecular weight excluding hydrogens is 446 g/mol. The first kappa shape index (κ1) is 24.1. The Morgan fingerprint density at radius 2 is 1.82 bits per heavy atom. The summed E-state index contributed by atoms with van der Waals surface area (Å²) in [6.07, 6.45) is 4.56. The van der Waals surface area contributed by atoms with Crippen molar-refractivity contribution in [1.29, 1.82) is 0 Å². The molecule has 0 saturated carbocycles. The van der Waals surface area contributed by atoms with Crippen LogP contribution in [0.25, 0.3) is 0 Å². The summed E-state index contributed by atoms with van der Waals surface area (Å²) in [7, 11) is 0. The summed E-state index contributed by atoms with van der Waals surface area (Å²) < 4.78 is 0. The zero-order valence-electron chi connectivity index (χ0n) is 19.7. The zero-order chi connectivity index (χ0) is 24.1. The number of benzene rings is 2. The van der Waals surface area contributed by atoms with Gasteiger partial charge in [-0.2, -0.15) is 0 Å². The third-order valence-electron chi connectivity index (χ3n) is 6.35. The van der Waals surface area contributed by atoms with Gasteiger partial charge >= 0.3 is 6.03 Å². The third kappa shape index (κ3) is 5.53. The molecule has 2 aliphatic rings. The van der Waals surface area contributed by atoms with Crippen LogP contribution in [0.15, 0.2) is 60.0 Å². The van der Waals surface area contributed by atoms with Crippen LogP contribution < -0.4 is 5.32 Å². The summed E-state index contributed by atoms with van der Waals surface area (Å²) in [5.74, 6) is -0.128. The molecule has 0 bridgehead atoms. The van der Waals surface area contributed by atoms with Crippen LogP contribution in [0.2, 0.25) is 0 Å². The number of nitrogens with zero attached hydrogens (tertiary/aromatic N) is 2. The van der Waals surface area contributed by atoms with Crippen molar-refractivity contribution < 1.29 is 14.4 Å². The van der Waals surface area contributed by atoms with Gasteiger partial charge in [0, 0.05) is 25.2 Å². The van der Waals surface area contributed by atoms with Crippen molar-refractivity contribution in [1.82, 2.24) is 9.80 Å². The number of carbonyl (C=O) groups excluding carboxylic acids is 3. The summed E-state index contributed by atoms with van der Waals surface area (Å²) in [5.41, 5.74) is 4.19. The van der Waals surface area contributed by atoms with Gasteiger partial charge in [0.2, 0.25) is 11.8 Å². The minimum absolute atomic E-state index is 0.0210. The molecule has 0 aromatic heterocycles. The van der Waals surface area contributed by atoms with E-state index in [-0.39, 0.29) is 29.1 Å². The third-order valence-corrected chi connectivity index (χ3v) is 7.43. The van der Waals surface area contributed by atoms with E-state index < -0.39 is 0 Å². The lowest BCUT2D eigenvalue weighted by Gasteiger charge is -2.41. The number of rotatable bonds is 9. The number of amides is 4. The van der Waals surface area contributed by atoms with E-state index in [0.717, 1.165) is 28.8 Å². The summed E-state index contributed by atoms with van der Waals surface area (Å²) in [6.45, 7) is 4.97. The van der Waals surface area contributed by atoms with Gasteiger partial charge in [0.25, 0.3) is 0 Å². The lowest BCUT2D eigenvalue weighted by atomic mass is 10.0. The van der Waals surface area contributed by atoms with Gasteiger partial charge < -0.3 is 10.2 Å². The Labute approximate surface area is 205 Å². The Bertz CT molecular complexity index is 1090. The highest BCUT2D eigenvalue weighted by Gasteiger charge is 2.46. The first-order valence-electron chi connectivity index (χ1n) is 11.8. The molecule has 2 aromatic rings. The van der Waals surface area contributed by atoms with Gasteiger partial charge in [0.05, 0.1) is 6.04 Å². The first-order chi connectivity index (χ1) is 16.4. The van der Waals surface area contributed by atoms with Gasteiger partial charge in [-0.25, -0.2) is 4.79 Å². The number of thioether (sulfide) groups is 1. The number of carbonyl (C=O) groups is 3. The molecule has 0 aliphatic carbocycles. The number of unbranched alkanes of at least 4 members (excludes halogenated alkanes) is 2. The molecule has 4 amide bonds. The minimum atomic E-state index is -0.278. The summed E-state index contributed by atoms with van der Waals surface area (Å²) in [5, 5.41) is 4.54. The van der Waals surface area contributed by atoms with Crippen molar-refractivity contribution in [3.05, 3.63) is 76.7 Å². The van der Waals surface area contributed by atoms with E-state index in [0.29, 0.717) is 32.4 Å². The van der Waals surface area contributed by atoms with Crippen LogP contribution >= 0.6 is 11.8 Å². The quantitative estimate of drug-likeness (QED) is 0.500. The van der Waals surface area contributed by atoms with Crippen LogP contribution in [0.1, 0.15) is 42.4 Å². The van der Waals surface area contributed by atoms with Crippen molar-refractivity contribution in [2.45, 2.75) is 57.4 Å². The van der Waals surface area contributed by atoms with Crippen molar-refractivity contribution in [2.24, 2.45) is 0 Å². The van der Waals surface area contributed by atoms with Crippen molar-refractivity contribution >= 4 is 35.3 Å². The van der Waals surface area contributed by atoms with Crippen LogP contribution in [0.5, 0.6) is 0 Å². The van der Waals surface area contributed by atoms with Crippen LogP contribution in [-0.2, 0) is 16.1 Å². The highest BCUT2D eigenvalue weighted by Crippen LogP contribution is 2.35. The van der Waals surface area contributed by atoms with E-state index in [1.54, 1.807) is 0 Å². The molecular formula is C27H31N3O3S. The molecule has 2 atom stereocenters. The number of hydrogen-bond donors (Lipinski definition) is 1. The lowest BCUT2D eigenvalue weighted by Crippen LogP contribution is -2.61. The van der Waals surface area contributed by atoms with E-state index in [4.69, 9.17) is 0 Å². The van der Waals surface area contributed by atoms with E-state index in [1.165, 1.54) is 16.7 Å². The van der Waals surface area contributed by atoms with Gasteiger partial charge in [-0.15, -0.1) is 11.8 Å². The first-order valence-corrected chi connectivity index (χ1v) is 12.7. The van der Waals surface area contributed by atoms with Crippen molar-refractivity contribution in [3.8, 4) is 0 Å². The molecule has 0 spiro atoms. The number of imide groups is 1. The van der Waals surface area contributed by atoms with Gasteiger partial charge in [0.1, 0.15) is 5.25 Å². The fourth-order valence-corrected chi connectivity index (χ4v) is 5.47. The predicted octanol–water partition coefficient (Wildman–Crippen LogP) is 5.26. The maximum absolute atomic E-state index is 13.4.